The van der Waals surface area contributed by atoms with Gasteiger partial charge in [-0.2, -0.15) is 0 Å². The van der Waals surface area contributed by atoms with Crippen LogP contribution in [-0.4, -0.2) is 16.9 Å². The Balaban J connectivity index is 1.55. The van der Waals surface area contributed by atoms with Crippen molar-refractivity contribution in [2.45, 2.75) is 32.2 Å². The molecule has 0 bridgehead atoms. The van der Waals surface area contributed by atoms with E-state index < -0.39 is 0 Å². The van der Waals surface area contributed by atoms with Crippen molar-refractivity contribution in [2.75, 3.05) is 5.32 Å². The second-order valence-electron chi connectivity index (χ2n) is 6.48. The van der Waals surface area contributed by atoms with Gasteiger partial charge in [0.05, 0.1) is 12.5 Å². The molecule has 0 aromatic heterocycles. The molecule has 1 aliphatic carbocycles. The molecule has 0 saturated heterocycles. The monoisotopic (exact) mass is 338 g/mol. The normalized spacial score (nSPS) is 14.6. The second kappa shape index (κ2) is 7.38. The van der Waals surface area contributed by atoms with Gasteiger partial charge >= 0.3 is 0 Å². The fourth-order valence-corrected chi connectivity index (χ4v) is 2.65. The molecule has 0 heterocycles. The molecular formula is C20H22N2O3. The lowest BCUT2D eigenvalue weighted by molar-refractivity contribution is -0.121. The summed E-state index contributed by atoms with van der Waals surface area (Å²) in [6, 6.07) is 14.1. The Morgan fingerprint density at radius 1 is 1.12 bits per heavy atom. The first kappa shape index (κ1) is 17.0. The van der Waals surface area contributed by atoms with Crippen LogP contribution in [0.2, 0.25) is 0 Å². The van der Waals surface area contributed by atoms with Crippen LogP contribution in [-0.2, 0) is 16.0 Å². The molecule has 1 atom stereocenters. The Kier molecular flexibility index (Phi) is 5.03. The number of carbonyl (C=O) groups is 2. The van der Waals surface area contributed by atoms with E-state index in [0.717, 1.165) is 24.1 Å². The molecule has 1 aliphatic rings. The molecule has 2 aromatic rings. The van der Waals surface area contributed by atoms with Crippen LogP contribution in [0.1, 0.15) is 36.9 Å². The van der Waals surface area contributed by atoms with E-state index in [9.17, 15) is 14.7 Å². The van der Waals surface area contributed by atoms with Crippen molar-refractivity contribution in [3.63, 3.8) is 0 Å². The third-order valence-corrected chi connectivity index (χ3v) is 4.35. The Labute approximate surface area is 147 Å². The van der Waals surface area contributed by atoms with E-state index in [2.05, 4.69) is 10.6 Å². The van der Waals surface area contributed by atoms with E-state index >= 15 is 0 Å². The van der Waals surface area contributed by atoms with Crippen LogP contribution in [0.25, 0.3) is 0 Å². The number of aromatic hydroxyl groups is 1. The van der Waals surface area contributed by atoms with E-state index in [1.807, 2.05) is 31.2 Å². The predicted molar refractivity (Wildman–Crippen MR) is 96.2 cm³/mol. The Morgan fingerprint density at radius 2 is 1.80 bits per heavy atom. The molecule has 3 N–H and O–H groups in total. The molecule has 0 spiro atoms. The molecule has 5 heteroatoms. The topological polar surface area (TPSA) is 78.4 Å². The van der Waals surface area contributed by atoms with E-state index in [0.29, 0.717) is 5.56 Å². The molecule has 3 rings (SSSR count). The fraction of sp³-hybridized carbons (Fsp3) is 0.300. The number of anilines is 1. The molecule has 2 aromatic carbocycles. The quantitative estimate of drug-likeness (QED) is 0.757. The van der Waals surface area contributed by atoms with Gasteiger partial charge in [-0.1, -0.05) is 30.3 Å². The molecule has 1 unspecified atom stereocenters. The highest BCUT2D eigenvalue weighted by molar-refractivity contribution is 5.94. The number of hydrogen-bond donors (Lipinski definition) is 3. The van der Waals surface area contributed by atoms with Gasteiger partial charge in [0.1, 0.15) is 5.75 Å². The van der Waals surface area contributed by atoms with E-state index in [-0.39, 0.29) is 35.9 Å². The van der Waals surface area contributed by atoms with Gasteiger partial charge in [-0.15, -0.1) is 0 Å². The fourth-order valence-electron chi connectivity index (χ4n) is 2.65. The molecule has 0 aliphatic heterocycles. The first-order valence-corrected chi connectivity index (χ1v) is 8.50. The van der Waals surface area contributed by atoms with E-state index in [4.69, 9.17) is 0 Å². The highest BCUT2D eigenvalue weighted by Gasteiger charge is 2.29. The molecule has 1 fully saturated rings. The summed E-state index contributed by atoms with van der Waals surface area (Å²) in [7, 11) is 0. The summed E-state index contributed by atoms with van der Waals surface area (Å²) in [6.07, 6.45) is 2.08. The van der Waals surface area contributed by atoms with Crippen LogP contribution >= 0.6 is 0 Å². The third-order valence-electron chi connectivity index (χ3n) is 4.35. The maximum atomic E-state index is 12.2. The highest BCUT2D eigenvalue weighted by Crippen LogP contribution is 2.30. The standard InChI is InChI=1S/C20H22N2O3/c1-13(21-19(24)12-16-4-2-3-5-18(16)23)14-8-10-17(11-9-14)22-20(25)15-6-7-15/h2-5,8-11,13,15,23H,6-7,12H2,1H3,(H,21,24)(H,22,25). The number of benzene rings is 2. The first-order valence-electron chi connectivity index (χ1n) is 8.50. The van der Waals surface area contributed by atoms with Gasteiger partial charge in [-0.25, -0.2) is 0 Å². The number of rotatable bonds is 6. The van der Waals surface area contributed by atoms with Crippen molar-refractivity contribution in [3.8, 4) is 5.75 Å². The van der Waals surface area contributed by atoms with Crippen LogP contribution in [0.15, 0.2) is 48.5 Å². The average Bonchev–Trinajstić information content (AvgIpc) is 3.42. The summed E-state index contributed by atoms with van der Waals surface area (Å²) in [5, 5.41) is 15.6. The van der Waals surface area contributed by atoms with Crippen molar-refractivity contribution in [3.05, 3.63) is 59.7 Å². The molecule has 130 valence electrons. The van der Waals surface area contributed by atoms with Crippen LogP contribution in [0.3, 0.4) is 0 Å². The molecule has 5 nitrogen and oxygen atoms in total. The maximum absolute atomic E-state index is 12.2. The van der Waals surface area contributed by atoms with Gasteiger partial charge < -0.3 is 15.7 Å². The molecule has 1 saturated carbocycles. The zero-order valence-electron chi connectivity index (χ0n) is 14.2. The lowest BCUT2D eigenvalue weighted by Crippen LogP contribution is -2.28. The van der Waals surface area contributed by atoms with Crippen molar-refractivity contribution in [1.82, 2.24) is 5.32 Å². The molecule has 2 amide bonds. The zero-order valence-corrected chi connectivity index (χ0v) is 14.2. The molecular weight excluding hydrogens is 316 g/mol. The van der Waals surface area contributed by atoms with Gasteiger partial charge in [-0.05, 0) is 43.5 Å². The maximum Gasteiger partial charge on any atom is 0.227 e. The molecule has 0 radical (unpaired) electrons. The largest absolute Gasteiger partial charge is 0.508 e. The van der Waals surface area contributed by atoms with Crippen molar-refractivity contribution < 1.29 is 14.7 Å². The van der Waals surface area contributed by atoms with E-state index in [1.165, 1.54) is 0 Å². The smallest absolute Gasteiger partial charge is 0.227 e. The van der Waals surface area contributed by atoms with Crippen LogP contribution in [0.5, 0.6) is 5.75 Å². The Bertz CT molecular complexity index is 767. The first-order chi connectivity index (χ1) is 12.0. The highest BCUT2D eigenvalue weighted by atomic mass is 16.3. The Morgan fingerprint density at radius 3 is 2.44 bits per heavy atom. The number of phenolic OH excluding ortho intramolecular Hbond substituents is 1. The van der Waals surface area contributed by atoms with Crippen molar-refractivity contribution >= 4 is 17.5 Å². The van der Waals surface area contributed by atoms with Gasteiger partial charge in [-0.3, -0.25) is 9.59 Å². The van der Waals surface area contributed by atoms with Crippen LogP contribution in [0.4, 0.5) is 5.69 Å². The third kappa shape index (κ3) is 4.59. The lowest BCUT2D eigenvalue weighted by atomic mass is 10.1. The predicted octanol–water partition coefficient (Wildman–Crippen LogP) is 3.16. The number of carbonyl (C=O) groups excluding carboxylic acids is 2. The van der Waals surface area contributed by atoms with Gasteiger partial charge in [0.2, 0.25) is 11.8 Å². The van der Waals surface area contributed by atoms with Crippen LogP contribution < -0.4 is 10.6 Å². The number of nitrogens with one attached hydrogen (secondary N) is 2. The van der Waals surface area contributed by atoms with Crippen molar-refractivity contribution in [2.24, 2.45) is 5.92 Å². The summed E-state index contributed by atoms with van der Waals surface area (Å²) in [4.78, 5) is 23.9. The number of hydrogen-bond acceptors (Lipinski definition) is 3. The zero-order chi connectivity index (χ0) is 17.8. The lowest BCUT2D eigenvalue weighted by Gasteiger charge is -2.15. The SMILES string of the molecule is CC(NC(=O)Cc1ccccc1O)c1ccc(NC(=O)C2CC2)cc1. The summed E-state index contributed by atoms with van der Waals surface area (Å²) < 4.78 is 0. The average molecular weight is 338 g/mol. The Hall–Kier alpha value is -2.82. The minimum Gasteiger partial charge on any atom is -0.508 e. The van der Waals surface area contributed by atoms with Crippen LogP contribution in [0, 0.1) is 5.92 Å². The van der Waals surface area contributed by atoms with Gasteiger partial charge in [0.15, 0.2) is 0 Å². The number of para-hydroxylation sites is 1. The number of amides is 2. The summed E-state index contributed by atoms with van der Waals surface area (Å²) >= 11 is 0. The summed E-state index contributed by atoms with van der Waals surface area (Å²) in [5.74, 6) is 0.227. The van der Waals surface area contributed by atoms with E-state index in [1.54, 1.807) is 24.3 Å². The second-order valence-corrected chi connectivity index (χ2v) is 6.48. The van der Waals surface area contributed by atoms with Gasteiger partial charge in [0, 0.05) is 17.2 Å². The number of phenols is 1. The van der Waals surface area contributed by atoms with Gasteiger partial charge in [0.25, 0.3) is 0 Å². The minimum absolute atomic E-state index is 0.0803. The minimum atomic E-state index is -0.161. The summed E-state index contributed by atoms with van der Waals surface area (Å²) in [6.45, 7) is 1.90. The molecule has 25 heavy (non-hydrogen) atoms. The van der Waals surface area contributed by atoms with Crippen molar-refractivity contribution in [1.29, 1.82) is 0 Å². The summed E-state index contributed by atoms with van der Waals surface area (Å²) in [5.41, 5.74) is 2.33.